The minimum Gasteiger partial charge on any atom is -0.307 e. The molecule has 0 heterocycles. The Kier molecular flexibility index (Phi) is 13.6. The lowest BCUT2D eigenvalue weighted by Gasteiger charge is -2.45. The molecule has 0 aromatic heterocycles. The van der Waals surface area contributed by atoms with Crippen LogP contribution in [0.3, 0.4) is 0 Å². The molecule has 59 heavy (non-hydrogen) atoms. The van der Waals surface area contributed by atoms with Crippen molar-refractivity contribution in [3.05, 3.63) is 141 Å². The summed E-state index contributed by atoms with van der Waals surface area (Å²) in [6.45, 7) is 2.16. The fraction of sp³-hybridized carbons (Fsp3) is 0.167. The topological polar surface area (TPSA) is 4.44 Å². The fourth-order valence-electron chi connectivity index (χ4n) is 6.67. The quantitative estimate of drug-likeness (QED) is 0.0539. The molecular formula is C36H22BClF19NSi. The first-order valence-electron chi connectivity index (χ1n) is 16.5. The Balaban J connectivity index is 0.000000753. The molecule has 0 fully saturated rings. The Labute approximate surface area is 326 Å². The maximum atomic E-state index is 16.4. The summed E-state index contributed by atoms with van der Waals surface area (Å²) in [5.41, 5.74) is -12.5. The number of hydrogen-bond donors (Lipinski definition) is 1. The van der Waals surface area contributed by atoms with Gasteiger partial charge in [0.2, 0.25) is 0 Å². The lowest BCUT2D eigenvalue weighted by atomic mass is 9.12. The molecule has 5 aromatic rings. The molecule has 0 atom stereocenters. The van der Waals surface area contributed by atoms with Gasteiger partial charge >= 0.3 is 0 Å². The van der Waals surface area contributed by atoms with Gasteiger partial charge in [-0.1, -0.05) is 32.0 Å². The lowest BCUT2D eigenvalue weighted by Crippen LogP contribution is -3.00. The highest BCUT2D eigenvalue weighted by molar-refractivity contribution is 7.27. The predicted molar refractivity (Wildman–Crippen MR) is 180 cm³/mol. The SMILES string of the molecule is CC[Si](Cl)(CC)c1c(F)c(F)c([B-](c2c(F)c(F)c(F)c(F)c2F)(c2c(F)c(F)c(F)c(F)c2F)c2c(F)c(F)c(F)c(F)c2F)c(F)c1F.C[NH+](C)c1ccccc1. The minimum absolute atomic E-state index is 0.555. The zero-order valence-electron chi connectivity index (χ0n) is 29.9. The zero-order chi connectivity index (χ0) is 45.0. The van der Waals surface area contributed by atoms with Crippen LogP contribution in [0, 0.1) is 111 Å². The van der Waals surface area contributed by atoms with Crippen LogP contribution in [0.15, 0.2) is 30.3 Å². The molecule has 0 bridgehead atoms. The highest BCUT2D eigenvalue weighted by Crippen LogP contribution is 2.31. The van der Waals surface area contributed by atoms with Crippen molar-refractivity contribution < 1.29 is 88.3 Å². The average Bonchev–Trinajstić information content (AvgIpc) is 3.21. The molecule has 1 N–H and O–H groups in total. The maximum absolute atomic E-state index is 16.4. The summed E-state index contributed by atoms with van der Waals surface area (Å²) in [5, 5.41) is -1.79. The molecule has 0 amide bonds. The number of nitrogens with one attached hydrogen (secondary N) is 1. The summed E-state index contributed by atoms with van der Waals surface area (Å²) >= 11 is 6.18. The monoisotopic (exact) mass is 903 g/mol. The summed E-state index contributed by atoms with van der Waals surface area (Å²) in [5.74, 6) is -65.0. The Morgan fingerprint density at radius 2 is 0.610 bits per heavy atom. The van der Waals surface area contributed by atoms with E-state index < -0.39 is 163 Å². The van der Waals surface area contributed by atoms with Gasteiger partial charge in [0.15, 0.2) is 71.4 Å². The number of quaternary nitrogens is 1. The highest BCUT2D eigenvalue weighted by atomic mass is 35.6. The van der Waals surface area contributed by atoms with Crippen molar-refractivity contribution >= 4 is 57.3 Å². The van der Waals surface area contributed by atoms with Crippen molar-refractivity contribution in [3.8, 4) is 0 Å². The van der Waals surface area contributed by atoms with Gasteiger partial charge in [-0.3, -0.25) is 0 Å². The van der Waals surface area contributed by atoms with E-state index in [2.05, 4.69) is 38.4 Å². The first kappa shape index (κ1) is 47.0. The molecule has 0 saturated carbocycles. The largest absolute Gasteiger partial charge is 0.307 e. The van der Waals surface area contributed by atoms with E-state index in [1.54, 1.807) is 0 Å². The van der Waals surface area contributed by atoms with Crippen LogP contribution in [0.2, 0.25) is 12.1 Å². The molecular weight excluding hydrogens is 882 g/mol. The maximum Gasteiger partial charge on any atom is 0.200 e. The van der Waals surface area contributed by atoms with Gasteiger partial charge in [-0.05, 0) is 24.2 Å². The summed E-state index contributed by atoms with van der Waals surface area (Å²) < 4.78 is 290. The number of para-hydroxylation sites is 1. The molecule has 0 aliphatic heterocycles. The molecule has 0 radical (unpaired) electrons. The fourth-order valence-corrected chi connectivity index (χ4v) is 9.38. The van der Waals surface area contributed by atoms with Crippen LogP contribution in [-0.4, -0.2) is 27.6 Å². The first-order chi connectivity index (χ1) is 27.3. The molecule has 318 valence electrons. The standard InChI is InChI=1S/C28H10BClF19Si.C8H11N/c1-3-50(30,4-2)28-26(48)15(37)8(16(38)27(28)49)29(5-9(31)17(39)23(45)18(40)10(5)32,6-11(33)19(41)24(46)20(42)12(6)34)7-13(35)21(43)25(47)22(44)14(7)36;1-9(2)8-6-4-3-5-7-8/h3-4H2,1-2H3;3-7H,1-2H3/q-1;/p+1. The molecule has 0 saturated heterocycles. The van der Waals surface area contributed by atoms with Gasteiger partial charge in [-0.15, -0.1) is 21.9 Å². The number of halogens is 20. The van der Waals surface area contributed by atoms with Crippen LogP contribution in [0.4, 0.5) is 89.1 Å². The second-order valence-electron chi connectivity index (χ2n) is 12.9. The number of hydrogen-bond acceptors (Lipinski definition) is 0. The van der Waals surface area contributed by atoms with Crippen molar-refractivity contribution in [1.29, 1.82) is 0 Å². The summed E-state index contributed by atoms with van der Waals surface area (Å²) in [6, 6.07) is 9.28. The predicted octanol–water partition coefficient (Wildman–Crippen LogP) is 7.60. The third-order valence-corrected chi connectivity index (χ3v) is 15.4. The Morgan fingerprint density at radius 3 is 0.814 bits per heavy atom. The first-order valence-corrected chi connectivity index (χ1v) is 19.9. The van der Waals surface area contributed by atoms with E-state index in [1.165, 1.54) is 10.6 Å². The van der Waals surface area contributed by atoms with Gasteiger partial charge in [0, 0.05) is 5.19 Å². The lowest BCUT2D eigenvalue weighted by molar-refractivity contribution is -0.786. The smallest absolute Gasteiger partial charge is 0.200 e. The van der Waals surface area contributed by atoms with Gasteiger partial charge in [-0.2, -0.15) is 11.1 Å². The number of benzene rings is 5. The Hall–Kier alpha value is -4.70. The van der Waals surface area contributed by atoms with E-state index in [0.717, 1.165) is 13.8 Å². The minimum atomic E-state index is -7.13. The molecule has 0 aliphatic rings. The summed E-state index contributed by atoms with van der Waals surface area (Å²) in [6.07, 6.45) is -7.13. The van der Waals surface area contributed by atoms with E-state index in [1.807, 2.05) is 6.07 Å². The van der Waals surface area contributed by atoms with Gasteiger partial charge in [0.1, 0.15) is 58.4 Å². The van der Waals surface area contributed by atoms with Crippen LogP contribution >= 0.6 is 11.1 Å². The van der Waals surface area contributed by atoms with E-state index in [4.69, 9.17) is 11.1 Å². The molecule has 0 unspecified atom stereocenters. The van der Waals surface area contributed by atoms with Crippen LogP contribution in [0.25, 0.3) is 0 Å². The van der Waals surface area contributed by atoms with E-state index in [-0.39, 0.29) is 0 Å². The molecule has 5 rings (SSSR count). The van der Waals surface area contributed by atoms with Gasteiger partial charge < -0.3 is 4.90 Å². The molecule has 0 spiro atoms. The molecule has 1 nitrogen and oxygen atoms in total. The van der Waals surface area contributed by atoms with Crippen molar-refractivity contribution in [2.24, 2.45) is 0 Å². The van der Waals surface area contributed by atoms with Crippen molar-refractivity contribution in [2.45, 2.75) is 25.9 Å². The third kappa shape index (κ3) is 7.23. The van der Waals surface area contributed by atoms with Gasteiger partial charge in [-0.25, -0.2) is 83.4 Å². The van der Waals surface area contributed by atoms with Gasteiger partial charge in [0.05, 0.1) is 14.1 Å². The number of rotatable bonds is 8. The summed E-state index contributed by atoms with van der Waals surface area (Å²) in [7, 11) is -0.150. The van der Waals surface area contributed by atoms with Crippen LogP contribution < -0.4 is 31.9 Å². The van der Waals surface area contributed by atoms with Crippen LogP contribution in [0.5, 0.6) is 0 Å². The summed E-state index contributed by atoms with van der Waals surface area (Å²) in [4.78, 5) is 1.37. The second kappa shape index (κ2) is 17.1. The Morgan fingerprint density at radius 1 is 0.390 bits per heavy atom. The van der Waals surface area contributed by atoms with Crippen molar-refractivity contribution in [2.75, 3.05) is 14.1 Å². The zero-order valence-corrected chi connectivity index (χ0v) is 31.7. The van der Waals surface area contributed by atoms with Crippen molar-refractivity contribution in [1.82, 2.24) is 0 Å². The van der Waals surface area contributed by atoms with E-state index >= 15 is 43.9 Å². The van der Waals surface area contributed by atoms with Crippen LogP contribution in [0.1, 0.15) is 13.8 Å². The normalized spacial score (nSPS) is 12.0. The highest BCUT2D eigenvalue weighted by Gasteiger charge is 2.53. The Bertz CT molecular complexity index is 2200. The van der Waals surface area contributed by atoms with Crippen LogP contribution in [-0.2, 0) is 0 Å². The second-order valence-corrected chi connectivity index (χ2v) is 18.9. The third-order valence-electron chi connectivity index (χ3n) is 9.68. The molecule has 5 aromatic carbocycles. The van der Waals surface area contributed by atoms with E-state index in [0.29, 0.717) is 0 Å². The van der Waals surface area contributed by atoms with E-state index in [9.17, 15) is 39.5 Å². The van der Waals surface area contributed by atoms with Crippen molar-refractivity contribution in [3.63, 3.8) is 0 Å². The molecule has 23 heteroatoms. The van der Waals surface area contributed by atoms with Gasteiger partial charge in [0.25, 0.3) is 0 Å². The molecule has 0 aliphatic carbocycles. The average molecular weight is 904 g/mol.